The smallest absolute Gasteiger partial charge is 0.00201 e. The SMILES string of the molecule is c1cc(-c2c3ccccc3c(-c3cccc4ccccc34)c3ccc(-c4ccc5ccccc5c4)cc23)cc(-c2cc3ccccc3c3ccccc23)c1. The van der Waals surface area contributed by atoms with E-state index in [1.807, 2.05) is 0 Å². The number of rotatable bonds is 4. The molecule has 11 aromatic carbocycles. The predicted octanol–water partition coefficient (Wildman–Crippen LogP) is 15.3. The van der Waals surface area contributed by atoms with Crippen molar-refractivity contribution in [2.45, 2.75) is 0 Å². The van der Waals surface area contributed by atoms with Gasteiger partial charge in [0, 0.05) is 0 Å². The highest BCUT2D eigenvalue weighted by Crippen LogP contribution is 2.47. The molecule has 250 valence electrons. The Hall–Kier alpha value is -7.02. The lowest BCUT2D eigenvalue weighted by Gasteiger charge is -2.20. The summed E-state index contributed by atoms with van der Waals surface area (Å²) in [5.74, 6) is 0. The van der Waals surface area contributed by atoms with E-state index in [2.05, 4.69) is 206 Å². The fourth-order valence-corrected chi connectivity index (χ4v) is 8.91. The summed E-state index contributed by atoms with van der Waals surface area (Å²) in [6, 6.07) is 76.3. The third-order valence-corrected chi connectivity index (χ3v) is 11.4. The van der Waals surface area contributed by atoms with Gasteiger partial charge >= 0.3 is 0 Å². The van der Waals surface area contributed by atoms with Crippen molar-refractivity contribution >= 4 is 64.6 Å². The minimum Gasteiger partial charge on any atom is -0.0616 e. The van der Waals surface area contributed by atoms with Crippen molar-refractivity contribution in [2.75, 3.05) is 0 Å². The second-order valence-electron chi connectivity index (χ2n) is 14.4. The molecule has 0 heterocycles. The highest BCUT2D eigenvalue weighted by Gasteiger charge is 2.20. The van der Waals surface area contributed by atoms with Gasteiger partial charge in [-0.2, -0.15) is 0 Å². The van der Waals surface area contributed by atoms with Crippen molar-refractivity contribution in [3.63, 3.8) is 0 Å². The zero-order chi connectivity index (χ0) is 35.6. The minimum atomic E-state index is 1.21. The van der Waals surface area contributed by atoms with Gasteiger partial charge in [-0.1, -0.05) is 182 Å². The van der Waals surface area contributed by atoms with Crippen LogP contribution in [0.2, 0.25) is 0 Å². The van der Waals surface area contributed by atoms with E-state index >= 15 is 0 Å². The molecular weight excluding hydrogens is 649 g/mol. The molecule has 0 nitrogen and oxygen atoms in total. The fraction of sp³-hybridized carbons (Fsp3) is 0. The molecule has 0 spiro atoms. The molecule has 0 saturated carbocycles. The molecule has 0 aliphatic heterocycles. The van der Waals surface area contributed by atoms with Crippen LogP contribution in [0.3, 0.4) is 0 Å². The van der Waals surface area contributed by atoms with Crippen LogP contribution in [0.15, 0.2) is 206 Å². The van der Waals surface area contributed by atoms with Gasteiger partial charge in [-0.15, -0.1) is 0 Å². The monoisotopic (exact) mass is 682 g/mol. The van der Waals surface area contributed by atoms with E-state index in [4.69, 9.17) is 0 Å². The zero-order valence-electron chi connectivity index (χ0n) is 29.6. The van der Waals surface area contributed by atoms with Crippen LogP contribution in [-0.2, 0) is 0 Å². The molecular formula is C54H34. The summed E-state index contributed by atoms with van der Waals surface area (Å²) in [4.78, 5) is 0. The summed E-state index contributed by atoms with van der Waals surface area (Å²) in [5.41, 5.74) is 9.92. The lowest BCUT2D eigenvalue weighted by atomic mass is 9.83. The van der Waals surface area contributed by atoms with Crippen molar-refractivity contribution in [2.24, 2.45) is 0 Å². The van der Waals surface area contributed by atoms with Crippen molar-refractivity contribution in [3.8, 4) is 44.5 Å². The number of benzene rings is 11. The Bertz CT molecular complexity index is 3270. The van der Waals surface area contributed by atoms with Crippen LogP contribution in [0.4, 0.5) is 0 Å². The van der Waals surface area contributed by atoms with Crippen LogP contribution in [0.5, 0.6) is 0 Å². The lowest BCUT2D eigenvalue weighted by Crippen LogP contribution is -1.93. The van der Waals surface area contributed by atoms with E-state index in [1.54, 1.807) is 0 Å². The van der Waals surface area contributed by atoms with Crippen molar-refractivity contribution in [1.29, 1.82) is 0 Å². The Balaban J connectivity index is 1.23. The first-order valence-electron chi connectivity index (χ1n) is 18.8. The average molecular weight is 683 g/mol. The van der Waals surface area contributed by atoms with Gasteiger partial charge in [-0.05, 0) is 133 Å². The molecule has 0 aliphatic carbocycles. The van der Waals surface area contributed by atoms with Crippen LogP contribution < -0.4 is 0 Å². The van der Waals surface area contributed by atoms with E-state index < -0.39 is 0 Å². The number of hydrogen-bond donors (Lipinski definition) is 0. The second-order valence-corrected chi connectivity index (χ2v) is 14.4. The molecule has 0 N–H and O–H groups in total. The molecule has 0 heteroatoms. The van der Waals surface area contributed by atoms with E-state index in [0.717, 1.165) is 0 Å². The number of fused-ring (bicyclic) bond motifs is 7. The van der Waals surface area contributed by atoms with E-state index in [9.17, 15) is 0 Å². The Morgan fingerprint density at radius 2 is 0.741 bits per heavy atom. The largest absolute Gasteiger partial charge is 0.0616 e. The van der Waals surface area contributed by atoms with Crippen LogP contribution in [0.1, 0.15) is 0 Å². The third-order valence-electron chi connectivity index (χ3n) is 11.4. The van der Waals surface area contributed by atoms with E-state index in [1.165, 1.54) is 109 Å². The summed E-state index contributed by atoms with van der Waals surface area (Å²) < 4.78 is 0. The second kappa shape index (κ2) is 12.3. The van der Waals surface area contributed by atoms with Gasteiger partial charge in [0.1, 0.15) is 0 Å². The highest BCUT2D eigenvalue weighted by atomic mass is 14.2. The molecule has 0 fully saturated rings. The summed E-state index contributed by atoms with van der Waals surface area (Å²) in [6.07, 6.45) is 0. The predicted molar refractivity (Wildman–Crippen MR) is 233 cm³/mol. The van der Waals surface area contributed by atoms with Gasteiger partial charge in [0.25, 0.3) is 0 Å². The molecule has 0 saturated heterocycles. The van der Waals surface area contributed by atoms with Crippen molar-refractivity contribution in [1.82, 2.24) is 0 Å². The lowest BCUT2D eigenvalue weighted by molar-refractivity contribution is 1.63. The summed E-state index contributed by atoms with van der Waals surface area (Å²) in [5, 5.41) is 15.1. The first-order chi connectivity index (χ1) is 26.8. The Labute approximate surface area is 314 Å². The van der Waals surface area contributed by atoms with Crippen LogP contribution in [0, 0.1) is 0 Å². The minimum absolute atomic E-state index is 1.21. The number of hydrogen-bond acceptors (Lipinski definition) is 0. The van der Waals surface area contributed by atoms with Gasteiger partial charge in [0.15, 0.2) is 0 Å². The van der Waals surface area contributed by atoms with Gasteiger partial charge in [0.2, 0.25) is 0 Å². The summed E-state index contributed by atoms with van der Waals surface area (Å²) in [7, 11) is 0. The molecule has 0 bridgehead atoms. The van der Waals surface area contributed by atoms with Crippen LogP contribution >= 0.6 is 0 Å². The summed E-state index contributed by atoms with van der Waals surface area (Å²) >= 11 is 0. The van der Waals surface area contributed by atoms with Gasteiger partial charge < -0.3 is 0 Å². The normalized spacial score (nSPS) is 11.7. The molecule has 54 heavy (non-hydrogen) atoms. The van der Waals surface area contributed by atoms with E-state index in [0.29, 0.717) is 0 Å². The topological polar surface area (TPSA) is 0 Å². The average Bonchev–Trinajstić information content (AvgIpc) is 3.24. The van der Waals surface area contributed by atoms with Gasteiger partial charge in [-0.3, -0.25) is 0 Å². The molecule has 11 aromatic rings. The van der Waals surface area contributed by atoms with Crippen molar-refractivity contribution < 1.29 is 0 Å². The molecule has 0 aliphatic rings. The molecule has 11 rings (SSSR count). The maximum Gasteiger partial charge on any atom is -0.00201 e. The molecule has 0 amide bonds. The summed E-state index contributed by atoms with van der Waals surface area (Å²) in [6.45, 7) is 0. The van der Waals surface area contributed by atoms with Crippen LogP contribution in [0.25, 0.3) is 109 Å². The van der Waals surface area contributed by atoms with Gasteiger partial charge in [0.05, 0.1) is 0 Å². The Morgan fingerprint density at radius 3 is 1.57 bits per heavy atom. The molecule has 0 radical (unpaired) electrons. The molecule has 0 atom stereocenters. The van der Waals surface area contributed by atoms with Gasteiger partial charge in [-0.25, -0.2) is 0 Å². The van der Waals surface area contributed by atoms with E-state index in [-0.39, 0.29) is 0 Å². The zero-order valence-corrected chi connectivity index (χ0v) is 29.6. The third kappa shape index (κ3) is 4.85. The first kappa shape index (κ1) is 30.6. The standard InChI is InChI=1S/C54H34/c1-2-15-37-31-38(28-27-35(37)13-1)39-29-30-50-52(33-39)53(48-24-9-10-25-49(48)54(50)47-26-12-17-36-14-3-5-20-43(36)47)42-19-11-18-40(32-42)51-34-41-16-4-6-21-44(41)45-22-7-8-23-46(45)51/h1-34H. The molecule has 0 unspecified atom stereocenters. The van der Waals surface area contributed by atoms with Crippen molar-refractivity contribution in [3.05, 3.63) is 206 Å². The Kier molecular flexibility index (Phi) is 6.97. The molecule has 0 aromatic heterocycles. The maximum absolute atomic E-state index is 2.44. The highest BCUT2D eigenvalue weighted by molar-refractivity contribution is 6.24. The quantitative estimate of drug-likeness (QED) is 0.128. The Morgan fingerprint density at radius 1 is 0.185 bits per heavy atom. The maximum atomic E-state index is 2.44. The van der Waals surface area contributed by atoms with Crippen LogP contribution in [-0.4, -0.2) is 0 Å². The fourth-order valence-electron chi connectivity index (χ4n) is 8.91. The first-order valence-corrected chi connectivity index (χ1v) is 18.8.